The van der Waals surface area contributed by atoms with Crippen LogP contribution in [0.2, 0.25) is 0 Å². The minimum absolute atomic E-state index is 0.00737. The second-order valence-electron chi connectivity index (χ2n) is 11.6. The number of Topliss-reactive ketones (excluding diaryl/α,β-unsaturated/α-hetero) is 1. The first-order chi connectivity index (χ1) is 20.7. The van der Waals surface area contributed by atoms with Crippen LogP contribution < -0.4 is 5.73 Å². The quantitative estimate of drug-likeness (QED) is 0.0924. The lowest BCUT2D eigenvalue weighted by molar-refractivity contribution is -0.136. The van der Waals surface area contributed by atoms with Crippen molar-refractivity contribution in [1.29, 1.82) is 0 Å². The third-order valence-electron chi connectivity index (χ3n) is 6.64. The maximum absolute atomic E-state index is 14.0. The van der Waals surface area contributed by atoms with Crippen molar-refractivity contribution in [1.82, 2.24) is 9.97 Å². The molecule has 0 fully saturated rings. The molecule has 44 heavy (non-hydrogen) atoms. The molecule has 0 radical (unpaired) electrons. The molecule has 11 nitrogen and oxygen atoms in total. The van der Waals surface area contributed by atoms with E-state index in [9.17, 15) is 18.8 Å². The molecule has 0 aliphatic rings. The van der Waals surface area contributed by atoms with E-state index in [0.717, 1.165) is 23.2 Å². The number of alkyl halides is 1. The van der Waals surface area contributed by atoms with Gasteiger partial charge in [-0.3, -0.25) is 19.4 Å². The molecule has 0 saturated carbocycles. The summed E-state index contributed by atoms with van der Waals surface area (Å²) < 4.78 is 26.0. The van der Waals surface area contributed by atoms with E-state index in [1.807, 2.05) is 26.8 Å². The number of rotatable bonds is 19. The Balaban J connectivity index is 2.07. The minimum Gasteiger partial charge on any atom is -0.389 e. The van der Waals surface area contributed by atoms with Gasteiger partial charge < -0.3 is 20.0 Å². The predicted octanol–water partition coefficient (Wildman–Crippen LogP) is 5.42. The van der Waals surface area contributed by atoms with Crippen molar-refractivity contribution < 1.29 is 33.1 Å². The smallest absolute Gasteiger partial charge is 0.245 e. The molecule has 2 N–H and O–H groups in total. The van der Waals surface area contributed by atoms with E-state index in [1.54, 1.807) is 38.4 Å². The van der Waals surface area contributed by atoms with E-state index in [2.05, 4.69) is 20.1 Å². The summed E-state index contributed by atoms with van der Waals surface area (Å²) in [4.78, 5) is 53.4. The standard InChI is InChI=1S/C31H44FN5O6S/c1-8-27(40)36-28(20(2)3)21(4)14-41-15-24(16-42-30(5,6)12-11-25(39)31(7,32)19-38)37-43-17-23-10-9-22(13-34-23)29-35-26(33)18-44-29/h9-10,13,18-21H,8,11-12,14-17,33H2,1-7H3/b36-28?,37-24+/t21?,31-/m1/s1. The number of nitrogen functional groups attached to an aromatic ring is 1. The molecule has 0 aliphatic heterocycles. The maximum atomic E-state index is 14.0. The highest BCUT2D eigenvalue weighted by Crippen LogP contribution is 2.24. The van der Waals surface area contributed by atoms with Gasteiger partial charge in [0.05, 0.1) is 31.1 Å². The Bertz CT molecular complexity index is 1310. The van der Waals surface area contributed by atoms with E-state index in [0.29, 0.717) is 23.6 Å². The number of aldehydes is 1. The number of carbonyl (C=O) groups is 3. The number of thiazole rings is 1. The van der Waals surface area contributed by atoms with E-state index in [1.165, 1.54) is 11.3 Å². The topological polar surface area (TPSA) is 155 Å². The number of hydrogen-bond donors (Lipinski definition) is 1. The molecule has 2 aromatic rings. The highest BCUT2D eigenvalue weighted by molar-refractivity contribution is 7.13. The number of nitrogens with zero attached hydrogens (tertiary/aromatic N) is 4. The summed E-state index contributed by atoms with van der Waals surface area (Å²) in [5, 5.41) is 6.76. The van der Waals surface area contributed by atoms with Crippen LogP contribution in [-0.2, 0) is 35.3 Å². The van der Waals surface area contributed by atoms with Crippen LogP contribution in [-0.4, -0.2) is 70.5 Å². The second kappa shape index (κ2) is 17.2. The number of halogens is 1. The molecule has 0 bridgehead atoms. The Hall–Kier alpha value is -3.42. The third kappa shape index (κ3) is 12.3. The van der Waals surface area contributed by atoms with Crippen LogP contribution in [0.3, 0.4) is 0 Å². The number of aromatic nitrogens is 2. The van der Waals surface area contributed by atoms with Gasteiger partial charge in [-0.25, -0.2) is 14.4 Å². The summed E-state index contributed by atoms with van der Waals surface area (Å²) in [5.41, 5.74) is 5.02. The fraction of sp³-hybridized carbons (Fsp3) is 0.581. The average molecular weight is 634 g/mol. The predicted molar refractivity (Wildman–Crippen MR) is 169 cm³/mol. The molecule has 2 heterocycles. The molecule has 1 amide bonds. The zero-order chi connectivity index (χ0) is 32.9. The van der Waals surface area contributed by atoms with Gasteiger partial charge >= 0.3 is 0 Å². The molecular weight excluding hydrogens is 589 g/mol. The Labute approximate surface area is 262 Å². The summed E-state index contributed by atoms with van der Waals surface area (Å²) in [7, 11) is 0. The maximum Gasteiger partial charge on any atom is 0.245 e. The van der Waals surface area contributed by atoms with Gasteiger partial charge in [-0.05, 0) is 45.2 Å². The van der Waals surface area contributed by atoms with E-state index >= 15 is 0 Å². The minimum atomic E-state index is -2.53. The molecule has 2 atom stereocenters. The van der Waals surface area contributed by atoms with Crippen LogP contribution in [0.5, 0.6) is 0 Å². The van der Waals surface area contributed by atoms with Gasteiger partial charge in [0.1, 0.15) is 16.5 Å². The second-order valence-corrected chi connectivity index (χ2v) is 12.4. The fourth-order valence-electron chi connectivity index (χ4n) is 3.89. The van der Waals surface area contributed by atoms with Crippen LogP contribution >= 0.6 is 11.3 Å². The van der Waals surface area contributed by atoms with Crippen LogP contribution in [0.15, 0.2) is 33.9 Å². The number of anilines is 1. The lowest BCUT2D eigenvalue weighted by Gasteiger charge is -2.26. The first-order valence-electron chi connectivity index (χ1n) is 14.5. The van der Waals surface area contributed by atoms with Crippen molar-refractivity contribution in [2.45, 2.75) is 85.6 Å². The van der Waals surface area contributed by atoms with E-state index in [-0.39, 0.29) is 63.3 Å². The van der Waals surface area contributed by atoms with Gasteiger partial charge in [0, 0.05) is 41.6 Å². The van der Waals surface area contributed by atoms with Crippen molar-refractivity contribution >= 4 is 46.6 Å². The van der Waals surface area contributed by atoms with Gasteiger partial charge in [-0.1, -0.05) is 32.9 Å². The fourth-order valence-corrected chi connectivity index (χ4v) is 4.59. The van der Waals surface area contributed by atoms with Gasteiger partial charge in [0.15, 0.2) is 18.7 Å². The number of nitrogens with two attached hydrogens (primary N) is 1. The largest absolute Gasteiger partial charge is 0.389 e. The Morgan fingerprint density at radius 3 is 2.48 bits per heavy atom. The molecular formula is C31H44FN5O6S. The molecule has 0 aromatic carbocycles. The van der Waals surface area contributed by atoms with Crippen LogP contribution in [0, 0.1) is 11.8 Å². The van der Waals surface area contributed by atoms with Crippen molar-refractivity contribution in [2.24, 2.45) is 22.0 Å². The number of amides is 1. The lowest BCUT2D eigenvalue weighted by Crippen LogP contribution is -2.35. The lowest BCUT2D eigenvalue weighted by atomic mass is 9.94. The number of pyridine rings is 1. The normalized spacial score (nSPS) is 14.8. The number of ether oxygens (including phenoxy) is 2. The SMILES string of the molecule is CCC(=O)N=C(C(C)C)C(C)COC/C(COC(C)(C)CCC(=O)[C@](C)(F)C=O)=N\OCc1ccc(-c2nc(N)cs2)cn1. The third-order valence-corrected chi connectivity index (χ3v) is 7.55. The summed E-state index contributed by atoms with van der Waals surface area (Å²) in [5.74, 6) is -0.565. The zero-order valence-electron chi connectivity index (χ0n) is 26.6. The number of aliphatic imine (C=N–C) groups is 1. The zero-order valence-corrected chi connectivity index (χ0v) is 27.4. The summed E-state index contributed by atoms with van der Waals surface area (Å²) >= 11 is 1.43. The molecule has 0 saturated heterocycles. The van der Waals surface area contributed by atoms with E-state index in [4.69, 9.17) is 20.0 Å². The van der Waals surface area contributed by atoms with Crippen molar-refractivity contribution in [3.05, 3.63) is 29.4 Å². The van der Waals surface area contributed by atoms with Crippen molar-refractivity contribution in [3.8, 4) is 10.6 Å². The van der Waals surface area contributed by atoms with Crippen LogP contribution in [0.25, 0.3) is 10.6 Å². The van der Waals surface area contributed by atoms with Gasteiger partial charge in [-0.2, -0.15) is 0 Å². The molecule has 242 valence electrons. The summed E-state index contributed by atoms with van der Waals surface area (Å²) in [6, 6.07) is 3.68. The first kappa shape index (κ1) is 36.8. The average Bonchev–Trinajstić information content (AvgIpc) is 3.43. The Morgan fingerprint density at radius 2 is 1.91 bits per heavy atom. The Morgan fingerprint density at radius 1 is 1.18 bits per heavy atom. The van der Waals surface area contributed by atoms with Crippen LogP contribution in [0.4, 0.5) is 10.2 Å². The van der Waals surface area contributed by atoms with Gasteiger partial charge in [0.2, 0.25) is 11.6 Å². The molecule has 1 unspecified atom stereocenters. The van der Waals surface area contributed by atoms with Gasteiger partial charge in [-0.15, -0.1) is 11.3 Å². The summed E-state index contributed by atoms with van der Waals surface area (Å²) in [6.07, 6.45) is 2.04. The highest BCUT2D eigenvalue weighted by Gasteiger charge is 2.33. The number of carbonyl (C=O) groups excluding carboxylic acids is 3. The highest BCUT2D eigenvalue weighted by atomic mass is 32.1. The van der Waals surface area contributed by atoms with Crippen LogP contribution in [0.1, 0.15) is 73.4 Å². The number of ketones is 1. The monoisotopic (exact) mass is 633 g/mol. The molecule has 0 spiro atoms. The van der Waals surface area contributed by atoms with E-state index < -0.39 is 17.1 Å². The van der Waals surface area contributed by atoms with Gasteiger partial charge in [0.25, 0.3) is 0 Å². The Kier molecular flexibility index (Phi) is 14.3. The first-order valence-corrected chi connectivity index (χ1v) is 15.4. The van der Waals surface area contributed by atoms with Crippen molar-refractivity contribution in [2.75, 3.05) is 25.6 Å². The molecule has 2 rings (SSSR count). The summed E-state index contributed by atoms with van der Waals surface area (Å²) in [6.45, 7) is 12.6. The number of hydrogen-bond acceptors (Lipinski definition) is 11. The molecule has 2 aromatic heterocycles. The van der Waals surface area contributed by atoms with Crippen molar-refractivity contribution in [3.63, 3.8) is 0 Å². The molecule has 13 heteroatoms. The number of oxime groups is 1. The molecule has 0 aliphatic carbocycles.